The largest absolute Gasteiger partial charge is 0.445 e. The van der Waals surface area contributed by atoms with Crippen LogP contribution in [-0.4, -0.2) is 171 Å². The molecule has 1 aromatic rings. The first-order valence-electron chi connectivity index (χ1n) is 19.0. The summed E-state index contributed by atoms with van der Waals surface area (Å²) in [5.74, 6) is 0. The number of rotatable bonds is 12. The van der Waals surface area contributed by atoms with Crippen LogP contribution in [0.1, 0.15) is 67.4 Å². The summed E-state index contributed by atoms with van der Waals surface area (Å²) in [6.07, 6.45) is 1.80. The number of nitrogens with one attached hydrogen (secondary N) is 1. The lowest BCUT2D eigenvalue weighted by Crippen LogP contribution is -2.55. The van der Waals surface area contributed by atoms with Gasteiger partial charge in [0, 0.05) is 91.8 Å². The zero-order valence-electron chi connectivity index (χ0n) is 32.5. The van der Waals surface area contributed by atoms with Crippen LogP contribution in [0.4, 0.5) is 14.4 Å². The van der Waals surface area contributed by atoms with Crippen molar-refractivity contribution >= 4 is 18.3 Å². The van der Waals surface area contributed by atoms with Crippen LogP contribution >= 0.6 is 0 Å². The van der Waals surface area contributed by atoms with Crippen LogP contribution in [0, 0.1) is 0 Å². The summed E-state index contributed by atoms with van der Waals surface area (Å²) in [6, 6.07) is 9.67. The van der Waals surface area contributed by atoms with Crippen molar-refractivity contribution in [2.24, 2.45) is 0 Å². The van der Waals surface area contributed by atoms with Crippen molar-refractivity contribution in [3.05, 3.63) is 35.9 Å². The van der Waals surface area contributed by atoms with Gasteiger partial charge in [-0.05, 0) is 59.9 Å². The van der Waals surface area contributed by atoms with Crippen LogP contribution < -0.4 is 5.32 Å². The molecular formula is C39H68N6O8. The average Bonchev–Trinajstić information content (AvgIpc) is 3.05. The number of benzene rings is 1. The molecule has 4 saturated heterocycles. The summed E-state index contributed by atoms with van der Waals surface area (Å²) in [5, 5.41) is 3.20. The standard InChI is InChI=1S/C23H35N3O5.C15H29N3O3.CH4/c1-23(2,3)31-22(28)25-13-11-24(12-14-25)10-7-15-29-20-16-26(17-20)21(27)30-18-19-8-5-4-6-9-19;1-15(2,3)21-14(19)18-8-6-17(7-9-18)5-4-10-20-13-11-16-12-13;/h4-6,8-9,20H,7,10-18H2,1-3H3;13,16H,4-12H2,1-3H3;1H4. The quantitative estimate of drug-likeness (QED) is 0.240. The van der Waals surface area contributed by atoms with Gasteiger partial charge in [0.15, 0.2) is 0 Å². The van der Waals surface area contributed by atoms with Crippen molar-refractivity contribution in [2.45, 2.75) is 91.8 Å². The zero-order valence-corrected chi connectivity index (χ0v) is 32.5. The van der Waals surface area contributed by atoms with Gasteiger partial charge in [-0.25, -0.2) is 14.4 Å². The van der Waals surface area contributed by atoms with Gasteiger partial charge in [0.2, 0.25) is 0 Å². The van der Waals surface area contributed by atoms with Crippen LogP contribution in [0.5, 0.6) is 0 Å². The van der Waals surface area contributed by atoms with E-state index in [-0.39, 0.29) is 31.8 Å². The topological polar surface area (TPSA) is 126 Å². The minimum Gasteiger partial charge on any atom is -0.445 e. The van der Waals surface area contributed by atoms with E-state index in [1.165, 1.54) is 0 Å². The highest BCUT2D eigenvalue weighted by molar-refractivity contribution is 5.69. The first-order valence-corrected chi connectivity index (χ1v) is 19.0. The number of piperazine rings is 2. The predicted molar refractivity (Wildman–Crippen MR) is 205 cm³/mol. The summed E-state index contributed by atoms with van der Waals surface area (Å²) in [7, 11) is 0. The van der Waals surface area contributed by atoms with Gasteiger partial charge in [-0.15, -0.1) is 0 Å². The number of carbonyl (C=O) groups is 3. The molecule has 302 valence electrons. The number of ether oxygens (including phenoxy) is 5. The molecule has 4 aliphatic rings. The number of hydrogen-bond donors (Lipinski definition) is 1. The van der Waals surface area contributed by atoms with E-state index in [1.807, 2.05) is 71.9 Å². The van der Waals surface area contributed by atoms with Crippen molar-refractivity contribution in [1.82, 2.24) is 29.8 Å². The summed E-state index contributed by atoms with van der Waals surface area (Å²) in [5.41, 5.74) is 0.111. The van der Waals surface area contributed by atoms with E-state index in [1.54, 1.807) is 14.7 Å². The maximum absolute atomic E-state index is 12.1. The molecule has 0 saturated carbocycles. The smallest absolute Gasteiger partial charge is 0.410 e. The lowest BCUT2D eigenvalue weighted by molar-refractivity contribution is -0.0530. The van der Waals surface area contributed by atoms with E-state index in [4.69, 9.17) is 23.7 Å². The van der Waals surface area contributed by atoms with E-state index < -0.39 is 11.2 Å². The van der Waals surface area contributed by atoms with Crippen molar-refractivity contribution in [2.75, 3.05) is 105 Å². The van der Waals surface area contributed by atoms with Crippen LogP contribution in [0.15, 0.2) is 30.3 Å². The maximum atomic E-state index is 12.1. The Morgan fingerprint density at radius 2 is 1.09 bits per heavy atom. The molecule has 4 heterocycles. The van der Waals surface area contributed by atoms with Gasteiger partial charge in [-0.1, -0.05) is 37.8 Å². The van der Waals surface area contributed by atoms with Gasteiger partial charge in [-0.2, -0.15) is 0 Å². The highest BCUT2D eigenvalue weighted by Gasteiger charge is 2.33. The summed E-state index contributed by atoms with van der Waals surface area (Å²) in [6.45, 7) is 24.7. The highest BCUT2D eigenvalue weighted by Crippen LogP contribution is 2.16. The third kappa shape index (κ3) is 16.8. The molecule has 14 nitrogen and oxygen atoms in total. The molecule has 0 aromatic heterocycles. The minimum absolute atomic E-state index is 0. The van der Waals surface area contributed by atoms with E-state index in [0.717, 1.165) is 90.5 Å². The molecule has 0 atom stereocenters. The van der Waals surface area contributed by atoms with E-state index in [9.17, 15) is 14.4 Å². The fraction of sp³-hybridized carbons (Fsp3) is 0.769. The van der Waals surface area contributed by atoms with Crippen molar-refractivity contribution in [3.8, 4) is 0 Å². The molecule has 0 unspecified atom stereocenters. The van der Waals surface area contributed by atoms with Crippen LogP contribution in [0.25, 0.3) is 0 Å². The second-order valence-corrected chi connectivity index (χ2v) is 15.9. The molecule has 4 fully saturated rings. The Kier molecular flexibility index (Phi) is 18.1. The van der Waals surface area contributed by atoms with Crippen molar-refractivity contribution in [3.63, 3.8) is 0 Å². The van der Waals surface area contributed by atoms with Gasteiger partial charge < -0.3 is 43.7 Å². The Bertz CT molecular complexity index is 1220. The molecule has 0 aliphatic carbocycles. The maximum Gasteiger partial charge on any atom is 0.410 e. The number of hydrogen-bond acceptors (Lipinski definition) is 11. The molecule has 0 spiro atoms. The number of likely N-dealkylation sites (tertiary alicyclic amines) is 1. The van der Waals surface area contributed by atoms with E-state index in [2.05, 4.69) is 15.1 Å². The molecule has 0 radical (unpaired) electrons. The Balaban J connectivity index is 0.000000301. The van der Waals surface area contributed by atoms with Gasteiger partial charge in [0.1, 0.15) is 17.8 Å². The minimum atomic E-state index is -0.457. The molecule has 4 aliphatic heterocycles. The second kappa shape index (κ2) is 21.7. The normalized spacial score (nSPS) is 18.9. The molecule has 0 bridgehead atoms. The number of nitrogens with zero attached hydrogens (tertiary/aromatic N) is 5. The molecule has 1 aromatic carbocycles. The lowest BCUT2D eigenvalue weighted by Gasteiger charge is -2.38. The molecular weight excluding hydrogens is 680 g/mol. The summed E-state index contributed by atoms with van der Waals surface area (Å²) >= 11 is 0. The van der Waals surface area contributed by atoms with Gasteiger partial charge in [-0.3, -0.25) is 9.80 Å². The van der Waals surface area contributed by atoms with Crippen LogP contribution in [-0.2, 0) is 30.3 Å². The summed E-state index contributed by atoms with van der Waals surface area (Å²) < 4.78 is 27.7. The fourth-order valence-corrected chi connectivity index (χ4v) is 5.92. The van der Waals surface area contributed by atoms with Crippen LogP contribution in [0.3, 0.4) is 0 Å². The molecule has 3 amide bonds. The number of carbonyl (C=O) groups excluding carboxylic acids is 3. The molecule has 14 heteroatoms. The van der Waals surface area contributed by atoms with Crippen LogP contribution in [0.2, 0.25) is 0 Å². The van der Waals surface area contributed by atoms with Crippen molar-refractivity contribution in [1.29, 1.82) is 0 Å². The Morgan fingerprint density at radius 1 is 0.642 bits per heavy atom. The zero-order chi connectivity index (χ0) is 37.6. The Morgan fingerprint density at radius 3 is 1.51 bits per heavy atom. The number of amides is 3. The Hall–Kier alpha value is -3.17. The third-order valence-electron chi connectivity index (χ3n) is 9.05. The SMILES string of the molecule is C.CC(C)(C)OC(=O)N1CCN(CCCOC2CN(C(=O)OCc3ccccc3)C2)CC1.CC(C)(C)OC(=O)N1CCN(CCCOC2CNC2)CC1. The van der Waals surface area contributed by atoms with Gasteiger partial charge >= 0.3 is 18.3 Å². The Labute approximate surface area is 318 Å². The highest BCUT2D eigenvalue weighted by atomic mass is 16.6. The van der Waals surface area contributed by atoms with E-state index >= 15 is 0 Å². The van der Waals surface area contributed by atoms with E-state index in [0.29, 0.717) is 45.5 Å². The molecule has 5 rings (SSSR count). The predicted octanol–water partition coefficient (Wildman–Crippen LogP) is 4.52. The monoisotopic (exact) mass is 749 g/mol. The fourth-order valence-electron chi connectivity index (χ4n) is 5.92. The molecule has 1 N–H and O–H groups in total. The van der Waals surface area contributed by atoms with Gasteiger partial charge in [0.05, 0.1) is 25.3 Å². The van der Waals surface area contributed by atoms with Gasteiger partial charge in [0.25, 0.3) is 0 Å². The molecule has 53 heavy (non-hydrogen) atoms. The lowest BCUT2D eigenvalue weighted by atomic mass is 10.2. The average molecular weight is 749 g/mol. The summed E-state index contributed by atoms with van der Waals surface area (Å²) in [4.78, 5) is 46.1. The first-order chi connectivity index (χ1) is 24.7. The second-order valence-electron chi connectivity index (χ2n) is 15.9. The first kappa shape index (κ1) is 44.2. The third-order valence-corrected chi connectivity index (χ3v) is 9.05. The van der Waals surface area contributed by atoms with Crippen molar-refractivity contribution < 1.29 is 38.1 Å².